The van der Waals surface area contributed by atoms with Crippen LogP contribution in [0.15, 0.2) is 30.5 Å². The van der Waals surface area contributed by atoms with Gasteiger partial charge in [-0.15, -0.1) is 0 Å². The molecule has 3 amide bonds. The third kappa shape index (κ3) is 8.28. The van der Waals surface area contributed by atoms with Crippen LogP contribution in [-0.2, 0) is 30.4 Å². The van der Waals surface area contributed by atoms with E-state index in [-0.39, 0.29) is 12.8 Å². The van der Waals surface area contributed by atoms with E-state index in [4.69, 9.17) is 15.9 Å². The number of fused-ring (bicyclic) bond motifs is 1. The van der Waals surface area contributed by atoms with E-state index in [1.807, 2.05) is 18.2 Å². The minimum Gasteiger partial charge on any atom is -0.481 e. The normalized spacial score (nSPS) is 15.1. The number of rotatable bonds is 15. The Labute approximate surface area is 219 Å². The van der Waals surface area contributed by atoms with E-state index < -0.39 is 72.8 Å². The van der Waals surface area contributed by atoms with Crippen LogP contribution in [0, 0.1) is 5.92 Å². The highest BCUT2D eigenvalue weighted by molar-refractivity contribution is 5.95. The molecule has 0 spiro atoms. The molecule has 2 aromatic rings. The number of carboxylic acids is 2. The number of hydrogen-bond acceptors (Lipinski definition) is 7. The molecule has 1 aromatic carbocycles. The Kier molecular flexibility index (Phi) is 11.2. The van der Waals surface area contributed by atoms with Crippen molar-refractivity contribution in [1.29, 1.82) is 0 Å². The van der Waals surface area contributed by atoms with E-state index >= 15 is 0 Å². The number of carbonyl (C=O) groups excluding carboxylic acids is 3. The molecule has 5 unspecified atom stereocenters. The Morgan fingerprint density at radius 2 is 1.61 bits per heavy atom. The van der Waals surface area contributed by atoms with Gasteiger partial charge in [0.15, 0.2) is 0 Å². The average Bonchev–Trinajstić information content (AvgIpc) is 3.30. The number of aromatic amines is 1. The Balaban J connectivity index is 2.35. The van der Waals surface area contributed by atoms with Crippen LogP contribution >= 0.6 is 0 Å². The van der Waals surface area contributed by atoms with Crippen molar-refractivity contribution in [3.05, 3.63) is 36.0 Å². The monoisotopic (exact) mass is 533 g/mol. The summed E-state index contributed by atoms with van der Waals surface area (Å²) in [5.41, 5.74) is 6.97. The first-order valence-corrected chi connectivity index (χ1v) is 12.3. The van der Waals surface area contributed by atoms with Gasteiger partial charge in [0.2, 0.25) is 17.7 Å². The minimum absolute atomic E-state index is 0.0236. The number of H-pyrrole nitrogens is 1. The lowest BCUT2D eigenvalue weighted by Crippen LogP contribution is -2.58. The number of aliphatic hydroxyl groups is 1. The predicted octanol–water partition coefficient (Wildman–Crippen LogP) is -0.520. The van der Waals surface area contributed by atoms with E-state index in [1.54, 1.807) is 26.1 Å². The molecule has 0 saturated carbocycles. The fourth-order valence-corrected chi connectivity index (χ4v) is 3.84. The van der Waals surface area contributed by atoms with Gasteiger partial charge in [-0.05, 0) is 24.0 Å². The van der Waals surface area contributed by atoms with Gasteiger partial charge in [-0.2, -0.15) is 0 Å². The van der Waals surface area contributed by atoms with E-state index in [0.717, 1.165) is 10.9 Å². The van der Waals surface area contributed by atoms with Crippen LogP contribution in [0.4, 0.5) is 0 Å². The van der Waals surface area contributed by atoms with E-state index in [9.17, 15) is 29.1 Å². The number of amides is 3. The number of aromatic nitrogens is 1. The molecule has 13 nitrogen and oxygen atoms in total. The fraction of sp³-hybridized carbons (Fsp3) is 0.480. The average molecular weight is 534 g/mol. The van der Waals surface area contributed by atoms with Crippen molar-refractivity contribution >= 4 is 40.6 Å². The molecule has 0 bridgehead atoms. The predicted molar refractivity (Wildman–Crippen MR) is 137 cm³/mol. The second-order valence-electron chi connectivity index (χ2n) is 9.12. The van der Waals surface area contributed by atoms with Crippen molar-refractivity contribution in [2.75, 3.05) is 6.61 Å². The molecule has 0 radical (unpaired) electrons. The molecular weight excluding hydrogens is 498 g/mol. The van der Waals surface area contributed by atoms with Crippen LogP contribution in [-0.4, -0.2) is 80.7 Å². The number of nitrogens with two attached hydrogens (primary N) is 1. The number of nitrogens with one attached hydrogen (secondary N) is 4. The lowest BCUT2D eigenvalue weighted by molar-refractivity contribution is -0.143. The van der Waals surface area contributed by atoms with E-state index in [2.05, 4.69) is 20.9 Å². The number of aliphatic hydroxyl groups excluding tert-OH is 1. The summed E-state index contributed by atoms with van der Waals surface area (Å²) in [7, 11) is 0. The Morgan fingerprint density at radius 3 is 2.21 bits per heavy atom. The Bertz CT molecular complexity index is 1150. The van der Waals surface area contributed by atoms with Gasteiger partial charge < -0.3 is 42.0 Å². The second-order valence-corrected chi connectivity index (χ2v) is 9.12. The summed E-state index contributed by atoms with van der Waals surface area (Å²) in [5.74, 6) is -5.34. The van der Waals surface area contributed by atoms with Gasteiger partial charge in [-0.25, -0.2) is 4.79 Å². The van der Waals surface area contributed by atoms with Gasteiger partial charge in [0.1, 0.15) is 24.2 Å². The molecular formula is C25H35N5O8. The lowest BCUT2D eigenvalue weighted by Gasteiger charge is -2.26. The zero-order valence-electron chi connectivity index (χ0n) is 21.3. The van der Waals surface area contributed by atoms with Crippen molar-refractivity contribution in [1.82, 2.24) is 20.9 Å². The number of benzene rings is 1. The molecule has 2 rings (SSSR count). The molecule has 0 fully saturated rings. The maximum atomic E-state index is 13.3. The van der Waals surface area contributed by atoms with Crippen LogP contribution in [0.3, 0.4) is 0 Å². The van der Waals surface area contributed by atoms with Crippen LogP contribution < -0.4 is 21.7 Å². The summed E-state index contributed by atoms with van der Waals surface area (Å²) in [6.07, 6.45) is 1.35. The van der Waals surface area contributed by atoms with Crippen molar-refractivity contribution < 1.29 is 39.3 Å². The zero-order valence-corrected chi connectivity index (χ0v) is 21.3. The van der Waals surface area contributed by atoms with E-state index in [0.29, 0.717) is 12.0 Å². The molecule has 0 aliphatic carbocycles. The number of carboxylic acid groups (broad SMARTS) is 2. The van der Waals surface area contributed by atoms with Gasteiger partial charge in [0.25, 0.3) is 0 Å². The fourth-order valence-electron chi connectivity index (χ4n) is 3.84. The number of aliphatic carboxylic acids is 2. The van der Waals surface area contributed by atoms with Gasteiger partial charge in [0.05, 0.1) is 6.61 Å². The molecule has 0 aliphatic rings. The Hall–Kier alpha value is -3.97. The molecule has 38 heavy (non-hydrogen) atoms. The molecule has 9 N–H and O–H groups in total. The summed E-state index contributed by atoms with van der Waals surface area (Å²) in [6.45, 7) is 2.76. The molecule has 0 saturated heterocycles. The topological polar surface area (TPSA) is 224 Å². The van der Waals surface area contributed by atoms with Crippen LogP contribution in [0.2, 0.25) is 0 Å². The molecule has 1 aromatic heterocycles. The largest absolute Gasteiger partial charge is 0.481 e. The maximum Gasteiger partial charge on any atom is 0.326 e. The molecule has 208 valence electrons. The minimum atomic E-state index is -1.38. The standard InChI is InChI=1S/C25H35N5O8/c1-3-13(2)21(25(37)38)30-24(36)19(10-14-11-27-17-7-5-4-6-15(14)17)29-23(35)18(8-9-20(32)33)28-22(34)16(26)12-31/h4-7,11,13,16,18-19,21,27,31H,3,8-10,12,26H2,1-2H3,(H,28,34)(H,29,35)(H,30,36)(H,32,33)(H,37,38). The zero-order chi connectivity index (χ0) is 28.4. The highest BCUT2D eigenvalue weighted by Gasteiger charge is 2.32. The van der Waals surface area contributed by atoms with Crippen molar-refractivity contribution in [2.24, 2.45) is 11.7 Å². The molecule has 5 atom stereocenters. The highest BCUT2D eigenvalue weighted by atomic mass is 16.4. The summed E-state index contributed by atoms with van der Waals surface area (Å²) >= 11 is 0. The van der Waals surface area contributed by atoms with Crippen LogP contribution in [0.1, 0.15) is 38.7 Å². The van der Waals surface area contributed by atoms with Gasteiger partial charge in [-0.1, -0.05) is 38.5 Å². The van der Waals surface area contributed by atoms with Gasteiger partial charge in [-0.3, -0.25) is 19.2 Å². The van der Waals surface area contributed by atoms with E-state index in [1.165, 1.54) is 0 Å². The first-order chi connectivity index (χ1) is 18.0. The quantitative estimate of drug-likeness (QED) is 0.147. The number of hydrogen-bond donors (Lipinski definition) is 8. The SMILES string of the molecule is CCC(C)C(NC(=O)C(Cc1c[nH]c2ccccc12)NC(=O)C(CCC(=O)O)NC(=O)C(N)CO)C(=O)O. The van der Waals surface area contributed by atoms with Crippen molar-refractivity contribution in [2.45, 2.75) is 63.7 Å². The summed E-state index contributed by atoms with van der Waals surface area (Å²) in [5, 5.41) is 36.0. The first-order valence-electron chi connectivity index (χ1n) is 12.3. The molecule has 13 heteroatoms. The first kappa shape index (κ1) is 30.3. The third-order valence-electron chi connectivity index (χ3n) is 6.32. The van der Waals surface area contributed by atoms with Crippen LogP contribution in [0.5, 0.6) is 0 Å². The Morgan fingerprint density at radius 1 is 0.974 bits per heavy atom. The van der Waals surface area contributed by atoms with Gasteiger partial charge in [0, 0.05) is 29.9 Å². The number of carbonyl (C=O) groups is 5. The molecule has 1 heterocycles. The van der Waals surface area contributed by atoms with Crippen molar-refractivity contribution in [3.8, 4) is 0 Å². The van der Waals surface area contributed by atoms with Gasteiger partial charge >= 0.3 is 11.9 Å². The smallest absolute Gasteiger partial charge is 0.326 e. The summed E-state index contributed by atoms with van der Waals surface area (Å²) in [4.78, 5) is 64.7. The molecule has 0 aliphatic heterocycles. The maximum absolute atomic E-state index is 13.3. The third-order valence-corrected chi connectivity index (χ3v) is 6.32. The van der Waals surface area contributed by atoms with Crippen LogP contribution in [0.25, 0.3) is 10.9 Å². The lowest BCUT2D eigenvalue weighted by atomic mass is 9.97. The highest BCUT2D eigenvalue weighted by Crippen LogP contribution is 2.20. The second kappa shape index (κ2) is 14.1. The summed E-state index contributed by atoms with van der Waals surface area (Å²) in [6, 6.07) is 2.10. The van der Waals surface area contributed by atoms with Crippen molar-refractivity contribution in [3.63, 3.8) is 0 Å². The number of para-hydroxylation sites is 1. The summed E-state index contributed by atoms with van der Waals surface area (Å²) < 4.78 is 0.